The van der Waals surface area contributed by atoms with Gasteiger partial charge in [-0.3, -0.25) is 19.3 Å². The Morgan fingerprint density at radius 3 is 2.36 bits per heavy atom. The fourth-order valence-corrected chi connectivity index (χ4v) is 4.23. The third-order valence-corrected chi connectivity index (χ3v) is 6.09. The highest BCUT2D eigenvalue weighted by Crippen LogP contribution is 2.35. The van der Waals surface area contributed by atoms with Gasteiger partial charge in [-0.1, -0.05) is 0 Å². The molecule has 0 bridgehead atoms. The first-order valence-electron chi connectivity index (χ1n) is 10.5. The maximum atomic E-state index is 12.8. The third kappa shape index (κ3) is 5.67. The molecule has 8 nitrogen and oxygen atoms in total. The Bertz CT molecular complexity index is 1060. The zero-order chi connectivity index (χ0) is 24.0. The normalized spacial score (nSPS) is 14.5. The van der Waals surface area contributed by atoms with Gasteiger partial charge >= 0.3 is 0 Å². The van der Waals surface area contributed by atoms with Crippen molar-refractivity contribution in [2.45, 2.75) is 13.8 Å². The van der Waals surface area contributed by atoms with E-state index >= 15 is 0 Å². The number of hydrogen-bond donors (Lipinski definition) is 1. The van der Waals surface area contributed by atoms with Crippen molar-refractivity contribution in [2.24, 2.45) is 0 Å². The van der Waals surface area contributed by atoms with Crippen LogP contribution in [-0.4, -0.2) is 55.8 Å². The monoisotopic (exact) mass is 469 g/mol. The molecule has 1 fully saturated rings. The lowest BCUT2D eigenvalue weighted by molar-refractivity contribution is -0.127. The Kier molecular flexibility index (Phi) is 8.00. The van der Waals surface area contributed by atoms with E-state index < -0.39 is 17.1 Å². The van der Waals surface area contributed by atoms with Crippen LogP contribution in [0, 0.1) is 0 Å². The maximum absolute atomic E-state index is 12.8. The molecule has 0 spiro atoms. The number of carbonyl (C=O) groups is 3. The van der Waals surface area contributed by atoms with E-state index in [0.717, 1.165) is 35.4 Å². The highest BCUT2D eigenvalue weighted by molar-refractivity contribution is 8.18. The van der Waals surface area contributed by atoms with Crippen LogP contribution < -0.4 is 19.7 Å². The Morgan fingerprint density at radius 2 is 1.76 bits per heavy atom. The molecule has 9 heteroatoms. The van der Waals surface area contributed by atoms with E-state index in [1.54, 1.807) is 44.6 Å². The van der Waals surface area contributed by atoms with Crippen LogP contribution in [0.2, 0.25) is 0 Å². The molecule has 1 saturated heterocycles. The molecule has 0 atom stereocenters. The van der Waals surface area contributed by atoms with Crippen LogP contribution >= 0.6 is 11.8 Å². The second-order valence-corrected chi connectivity index (χ2v) is 8.14. The molecule has 3 amide bonds. The van der Waals surface area contributed by atoms with E-state index in [2.05, 4.69) is 24.1 Å². The molecule has 1 N–H and O–H groups in total. The van der Waals surface area contributed by atoms with Gasteiger partial charge in [-0.05, 0) is 68.1 Å². The first-order chi connectivity index (χ1) is 15.9. The number of nitrogens with zero attached hydrogens (tertiary/aromatic N) is 2. The lowest BCUT2D eigenvalue weighted by Crippen LogP contribution is -2.36. The van der Waals surface area contributed by atoms with Crippen molar-refractivity contribution in [1.82, 2.24) is 4.90 Å². The van der Waals surface area contributed by atoms with Gasteiger partial charge < -0.3 is 19.7 Å². The van der Waals surface area contributed by atoms with Crippen LogP contribution in [0.5, 0.6) is 11.5 Å². The van der Waals surface area contributed by atoms with Gasteiger partial charge in [-0.25, -0.2) is 0 Å². The van der Waals surface area contributed by atoms with Crippen LogP contribution in [0.3, 0.4) is 0 Å². The van der Waals surface area contributed by atoms with Crippen molar-refractivity contribution in [1.29, 1.82) is 0 Å². The second-order valence-electron chi connectivity index (χ2n) is 7.14. The van der Waals surface area contributed by atoms with E-state index in [0.29, 0.717) is 22.7 Å². The summed E-state index contributed by atoms with van der Waals surface area (Å²) in [5, 5.41) is 2.19. The number of carbonyl (C=O) groups excluding carboxylic acids is 3. The summed E-state index contributed by atoms with van der Waals surface area (Å²) in [6, 6.07) is 12.5. The molecule has 1 aliphatic heterocycles. The van der Waals surface area contributed by atoms with Gasteiger partial charge in [0, 0.05) is 36.1 Å². The van der Waals surface area contributed by atoms with E-state index in [-0.39, 0.29) is 11.4 Å². The van der Waals surface area contributed by atoms with Crippen LogP contribution in [0.4, 0.5) is 16.2 Å². The minimum absolute atomic E-state index is 0.242. The zero-order valence-electron chi connectivity index (χ0n) is 19.1. The third-order valence-electron chi connectivity index (χ3n) is 5.18. The molecule has 174 valence electrons. The first-order valence-corrected chi connectivity index (χ1v) is 11.3. The number of anilines is 2. The summed E-state index contributed by atoms with van der Waals surface area (Å²) < 4.78 is 10.6. The SMILES string of the molecule is CCN(CC)c1ccc(/C=C2/SC(=O)N(CC(=O)Nc3ccc(OC)cc3)C2=O)c(OC)c1. The molecule has 0 aromatic heterocycles. The number of imide groups is 1. The van der Waals surface area contributed by atoms with E-state index in [4.69, 9.17) is 9.47 Å². The number of ether oxygens (including phenoxy) is 2. The maximum Gasteiger partial charge on any atom is 0.294 e. The van der Waals surface area contributed by atoms with Crippen molar-refractivity contribution in [2.75, 3.05) is 44.1 Å². The number of hydrogen-bond acceptors (Lipinski definition) is 7. The molecule has 1 heterocycles. The average Bonchev–Trinajstić information content (AvgIpc) is 3.08. The van der Waals surface area contributed by atoms with Crippen molar-refractivity contribution in [3.63, 3.8) is 0 Å². The quantitative estimate of drug-likeness (QED) is 0.550. The van der Waals surface area contributed by atoms with Crippen LogP contribution in [-0.2, 0) is 9.59 Å². The Labute approximate surface area is 197 Å². The van der Waals surface area contributed by atoms with E-state index in [1.165, 1.54) is 0 Å². The molecule has 33 heavy (non-hydrogen) atoms. The molecule has 0 radical (unpaired) electrons. The van der Waals surface area contributed by atoms with Gasteiger partial charge in [0.25, 0.3) is 11.1 Å². The Morgan fingerprint density at radius 1 is 1.06 bits per heavy atom. The predicted octanol–water partition coefficient (Wildman–Crippen LogP) is 4.23. The summed E-state index contributed by atoms with van der Waals surface area (Å²) in [5.41, 5.74) is 2.24. The fraction of sp³-hybridized carbons (Fsp3) is 0.292. The van der Waals surface area contributed by atoms with Gasteiger partial charge in [0.1, 0.15) is 18.0 Å². The summed E-state index contributed by atoms with van der Waals surface area (Å²) >= 11 is 0.805. The number of rotatable bonds is 9. The Balaban J connectivity index is 1.73. The van der Waals surface area contributed by atoms with Crippen LogP contribution in [0.15, 0.2) is 47.4 Å². The van der Waals surface area contributed by atoms with Gasteiger partial charge in [0.05, 0.1) is 19.1 Å². The lowest BCUT2D eigenvalue weighted by atomic mass is 10.1. The minimum atomic E-state index is -0.509. The molecule has 1 aliphatic rings. The van der Waals surface area contributed by atoms with Crippen molar-refractivity contribution >= 4 is 46.3 Å². The standard InChI is InChI=1S/C24H27N3O5S/c1-5-26(6-2)18-10-7-16(20(14-18)32-4)13-21-23(29)27(24(30)33-21)15-22(28)25-17-8-11-19(31-3)12-9-17/h7-14H,5-6,15H2,1-4H3,(H,25,28)/b21-13+. The zero-order valence-corrected chi connectivity index (χ0v) is 19.9. The van der Waals surface area contributed by atoms with Gasteiger partial charge in [0.15, 0.2) is 0 Å². The van der Waals surface area contributed by atoms with Crippen LogP contribution in [0.1, 0.15) is 19.4 Å². The summed E-state index contributed by atoms with van der Waals surface area (Å²) in [4.78, 5) is 41.0. The van der Waals surface area contributed by atoms with E-state index in [1.807, 2.05) is 18.2 Å². The summed E-state index contributed by atoms with van der Waals surface area (Å²) in [6.07, 6.45) is 1.62. The van der Waals surface area contributed by atoms with Gasteiger partial charge in [-0.15, -0.1) is 0 Å². The largest absolute Gasteiger partial charge is 0.497 e. The molecule has 2 aromatic rings. The van der Waals surface area contributed by atoms with Crippen molar-refractivity contribution < 1.29 is 23.9 Å². The number of methoxy groups -OCH3 is 2. The van der Waals surface area contributed by atoms with E-state index in [9.17, 15) is 14.4 Å². The molecule has 0 unspecified atom stereocenters. The van der Waals surface area contributed by atoms with Gasteiger partial charge in [-0.2, -0.15) is 0 Å². The molecule has 0 aliphatic carbocycles. The smallest absolute Gasteiger partial charge is 0.294 e. The minimum Gasteiger partial charge on any atom is -0.497 e. The Hall–Kier alpha value is -3.46. The number of thioether (sulfide) groups is 1. The second kappa shape index (κ2) is 10.9. The molecule has 0 saturated carbocycles. The highest BCUT2D eigenvalue weighted by Gasteiger charge is 2.36. The summed E-state index contributed by atoms with van der Waals surface area (Å²) in [7, 11) is 3.11. The fourth-order valence-electron chi connectivity index (χ4n) is 3.40. The molecule has 3 rings (SSSR count). The number of amides is 3. The van der Waals surface area contributed by atoms with Crippen LogP contribution in [0.25, 0.3) is 6.08 Å². The topological polar surface area (TPSA) is 88.2 Å². The van der Waals surface area contributed by atoms with Crippen molar-refractivity contribution in [3.05, 3.63) is 52.9 Å². The lowest BCUT2D eigenvalue weighted by Gasteiger charge is -2.22. The highest BCUT2D eigenvalue weighted by atomic mass is 32.2. The molecule has 2 aromatic carbocycles. The number of nitrogens with one attached hydrogen (secondary N) is 1. The van der Waals surface area contributed by atoms with Crippen molar-refractivity contribution in [3.8, 4) is 11.5 Å². The summed E-state index contributed by atoms with van der Waals surface area (Å²) in [5.74, 6) is 0.280. The first kappa shape index (κ1) is 24.2. The molecular formula is C24H27N3O5S. The predicted molar refractivity (Wildman–Crippen MR) is 131 cm³/mol. The van der Waals surface area contributed by atoms with Gasteiger partial charge in [0.2, 0.25) is 5.91 Å². The number of benzene rings is 2. The average molecular weight is 470 g/mol. The summed E-state index contributed by atoms with van der Waals surface area (Å²) in [6.45, 7) is 5.49. The molecular weight excluding hydrogens is 442 g/mol.